The lowest BCUT2D eigenvalue weighted by Crippen LogP contribution is -2.22. The van der Waals surface area contributed by atoms with Crippen molar-refractivity contribution < 1.29 is 19.1 Å². The fourth-order valence-corrected chi connectivity index (χ4v) is 2.76. The molecule has 4 nitrogen and oxygen atoms in total. The molecule has 1 aromatic carbocycles. The van der Waals surface area contributed by atoms with Crippen LogP contribution in [-0.2, 0) is 9.47 Å². The zero-order valence-electron chi connectivity index (χ0n) is 15.7. The maximum Gasteiger partial charge on any atom is 0.339 e. The Morgan fingerprint density at radius 3 is 1.38 bits per heavy atom. The average Bonchev–Trinajstić information content (AvgIpc) is 2.45. The lowest BCUT2D eigenvalue weighted by atomic mass is 10.1. The Hall–Kier alpha value is -1.84. The molecule has 0 radical (unpaired) electrons. The van der Waals surface area contributed by atoms with Gasteiger partial charge in [0.1, 0.15) is 0 Å². The molecule has 0 aromatic heterocycles. The summed E-state index contributed by atoms with van der Waals surface area (Å²) in [5.41, 5.74) is 0.518. The van der Waals surface area contributed by atoms with E-state index in [4.69, 9.17) is 9.47 Å². The van der Waals surface area contributed by atoms with E-state index in [0.29, 0.717) is 11.8 Å². The minimum absolute atomic E-state index is 0.193. The van der Waals surface area contributed by atoms with Crippen LogP contribution in [0.2, 0.25) is 0 Å². The fraction of sp³-hybridized carbons (Fsp3) is 0.600. The molecular formula is C20H30O4. The Balaban J connectivity index is 2.83. The van der Waals surface area contributed by atoms with Crippen LogP contribution in [0.5, 0.6) is 0 Å². The van der Waals surface area contributed by atoms with E-state index in [9.17, 15) is 9.59 Å². The van der Waals surface area contributed by atoms with Crippen LogP contribution in [0, 0.1) is 11.8 Å². The summed E-state index contributed by atoms with van der Waals surface area (Å²) in [6.07, 6.45) is 1.18. The van der Waals surface area contributed by atoms with Gasteiger partial charge in [0.05, 0.1) is 23.3 Å². The first kappa shape index (κ1) is 20.2. The third-order valence-electron chi connectivity index (χ3n) is 3.59. The highest BCUT2D eigenvalue weighted by atomic mass is 16.5. The van der Waals surface area contributed by atoms with E-state index in [1.807, 2.05) is 13.8 Å². The molecule has 1 rings (SSSR count). The quantitative estimate of drug-likeness (QED) is 0.636. The molecule has 0 amide bonds. The van der Waals surface area contributed by atoms with Crippen LogP contribution in [0.4, 0.5) is 0 Å². The molecule has 0 saturated carbocycles. The molecule has 0 fully saturated rings. The monoisotopic (exact) mass is 334 g/mol. The summed E-state index contributed by atoms with van der Waals surface area (Å²) in [6.45, 7) is 12.0. The molecule has 0 spiro atoms. The Morgan fingerprint density at radius 2 is 1.08 bits per heavy atom. The van der Waals surface area contributed by atoms with Crippen LogP contribution in [0.1, 0.15) is 75.1 Å². The Morgan fingerprint density at radius 1 is 0.750 bits per heavy atom. The van der Waals surface area contributed by atoms with Crippen molar-refractivity contribution in [2.75, 3.05) is 0 Å². The zero-order chi connectivity index (χ0) is 18.3. The number of rotatable bonds is 8. The van der Waals surface area contributed by atoms with Gasteiger partial charge in [0.2, 0.25) is 0 Å². The highest BCUT2D eigenvalue weighted by Gasteiger charge is 2.22. The van der Waals surface area contributed by atoms with Gasteiger partial charge < -0.3 is 9.47 Å². The number of benzene rings is 1. The molecule has 0 saturated heterocycles. The second-order valence-electron chi connectivity index (χ2n) is 7.24. The first-order valence-corrected chi connectivity index (χ1v) is 8.71. The van der Waals surface area contributed by atoms with E-state index in [1.165, 1.54) is 0 Å². The van der Waals surface area contributed by atoms with Gasteiger partial charge in [-0.1, -0.05) is 39.8 Å². The topological polar surface area (TPSA) is 52.6 Å². The largest absolute Gasteiger partial charge is 0.459 e. The molecule has 2 atom stereocenters. The molecule has 24 heavy (non-hydrogen) atoms. The second-order valence-corrected chi connectivity index (χ2v) is 7.24. The average molecular weight is 334 g/mol. The van der Waals surface area contributed by atoms with Gasteiger partial charge in [0, 0.05) is 0 Å². The van der Waals surface area contributed by atoms with Crippen molar-refractivity contribution in [3.63, 3.8) is 0 Å². The summed E-state index contributed by atoms with van der Waals surface area (Å²) in [4.78, 5) is 24.8. The zero-order valence-corrected chi connectivity index (χ0v) is 15.7. The van der Waals surface area contributed by atoms with Crippen LogP contribution in [0.25, 0.3) is 0 Å². The van der Waals surface area contributed by atoms with E-state index < -0.39 is 11.9 Å². The number of hydrogen-bond acceptors (Lipinski definition) is 4. The minimum Gasteiger partial charge on any atom is -0.459 e. The molecule has 134 valence electrons. The van der Waals surface area contributed by atoms with Crippen molar-refractivity contribution in [1.82, 2.24) is 0 Å². The molecule has 0 N–H and O–H groups in total. The lowest BCUT2D eigenvalue weighted by Gasteiger charge is -2.18. The van der Waals surface area contributed by atoms with E-state index in [-0.39, 0.29) is 23.3 Å². The number of ether oxygens (including phenoxy) is 2. The molecule has 0 aliphatic carbocycles. The van der Waals surface area contributed by atoms with Gasteiger partial charge in [-0.3, -0.25) is 0 Å². The SMILES string of the molecule is CC(C)C[C@H](C)OC(=O)c1ccccc1C(=O)O[C@@H](C)CC(C)C. The smallest absolute Gasteiger partial charge is 0.339 e. The van der Waals surface area contributed by atoms with Gasteiger partial charge in [0.25, 0.3) is 0 Å². The first-order valence-electron chi connectivity index (χ1n) is 8.71. The third-order valence-corrected chi connectivity index (χ3v) is 3.59. The molecule has 0 aliphatic heterocycles. The van der Waals surface area contributed by atoms with E-state index in [2.05, 4.69) is 27.7 Å². The summed E-state index contributed by atoms with van der Waals surface area (Å²) < 4.78 is 10.9. The Bertz CT molecular complexity index is 499. The predicted octanol–water partition coefficient (Wildman–Crippen LogP) is 4.87. The fourth-order valence-electron chi connectivity index (χ4n) is 2.76. The minimum atomic E-state index is -0.479. The Labute approximate surface area is 145 Å². The van der Waals surface area contributed by atoms with Gasteiger partial charge in [-0.25, -0.2) is 9.59 Å². The number of carbonyl (C=O) groups is 2. The van der Waals surface area contributed by atoms with Crippen molar-refractivity contribution >= 4 is 11.9 Å². The number of esters is 2. The van der Waals surface area contributed by atoms with E-state index in [0.717, 1.165) is 12.8 Å². The van der Waals surface area contributed by atoms with Crippen molar-refractivity contribution in [2.24, 2.45) is 11.8 Å². The lowest BCUT2D eigenvalue weighted by molar-refractivity contribution is 0.0250. The molecule has 0 heterocycles. The highest BCUT2D eigenvalue weighted by Crippen LogP contribution is 2.17. The van der Waals surface area contributed by atoms with E-state index >= 15 is 0 Å². The van der Waals surface area contributed by atoms with Crippen LogP contribution >= 0.6 is 0 Å². The van der Waals surface area contributed by atoms with Crippen molar-refractivity contribution in [3.8, 4) is 0 Å². The molecule has 4 heteroatoms. The van der Waals surface area contributed by atoms with E-state index in [1.54, 1.807) is 24.3 Å². The predicted molar refractivity (Wildman–Crippen MR) is 95.1 cm³/mol. The molecular weight excluding hydrogens is 304 g/mol. The number of hydrogen-bond donors (Lipinski definition) is 0. The van der Waals surface area contributed by atoms with Crippen LogP contribution in [0.3, 0.4) is 0 Å². The van der Waals surface area contributed by atoms with Crippen molar-refractivity contribution in [3.05, 3.63) is 35.4 Å². The summed E-state index contributed by atoms with van der Waals surface area (Å²) >= 11 is 0. The number of carbonyl (C=O) groups excluding carboxylic acids is 2. The normalized spacial score (nSPS) is 13.7. The standard InChI is InChI=1S/C20H30O4/c1-13(2)11-15(5)23-19(21)17-9-7-8-10-18(17)20(22)24-16(6)12-14(3)4/h7-10,13-16H,11-12H2,1-6H3/t15-,16-/m0/s1. The summed E-state index contributed by atoms with van der Waals surface area (Å²) in [6, 6.07) is 6.65. The van der Waals surface area contributed by atoms with Crippen molar-refractivity contribution in [1.29, 1.82) is 0 Å². The molecule has 0 unspecified atom stereocenters. The maximum atomic E-state index is 12.4. The second kappa shape index (κ2) is 9.45. The molecule has 1 aromatic rings. The van der Waals surface area contributed by atoms with Crippen LogP contribution < -0.4 is 0 Å². The van der Waals surface area contributed by atoms with Gasteiger partial charge in [-0.2, -0.15) is 0 Å². The summed E-state index contributed by atoms with van der Waals surface area (Å²) in [5, 5.41) is 0. The van der Waals surface area contributed by atoms with Gasteiger partial charge in [-0.05, 0) is 50.7 Å². The molecule has 0 aliphatic rings. The first-order chi connectivity index (χ1) is 11.2. The van der Waals surface area contributed by atoms with Crippen LogP contribution in [-0.4, -0.2) is 24.1 Å². The van der Waals surface area contributed by atoms with Gasteiger partial charge in [-0.15, -0.1) is 0 Å². The third kappa shape index (κ3) is 6.73. The van der Waals surface area contributed by atoms with Gasteiger partial charge >= 0.3 is 11.9 Å². The Kier molecular flexibility index (Phi) is 7.96. The molecule has 0 bridgehead atoms. The maximum absolute atomic E-state index is 12.4. The van der Waals surface area contributed by atoms with Crippen molar-refractivity contribution in [2.45, 2.75) is 66.6 Å². The van der Waals surface area contributed by atoms with Gasteiger partial charge in [0.15, 0.2) is 0 Å². The summed E-state index contributed by atoms with van der Waals surface area (Å²) in [7, 11) is 0. The summed E-state index contributed by atoms with van der Waals surface area (Å²) in [5.74, 6) is -0.0887. The van der Waals surface area contributed by atoms with Crippen LogP contribution in [0.15, 0.2) is 24.3 Å². The highest BCUT2D eigenvalue weighted by molar-refractivity contribution is 6.03.